The minimum absolute atomic E-state index is 0.768. The Bertz CT molecular complexity index is 130. The predicted octanol–water partition coefficient (Wildman–Crippen LogP) is 2.38. The number of nitrogens with one attached hydrogen (secondary N) is 1. The van der Waals surface area contributed by atoms with Gasteiger partial charge in [-0.2, -0.15) is 0 Å². The molecule has 1 aliphatic rings. The molecular weight excluding hydrogens is 221 g/mol. The molecule has 0 aromatic carbocycles. The Labute approximate surface area is 60.2 Å². The minimum atomic E-state index is 0.768. The van der Waals surface area contributed by atoms with Gasteiger partial charge < -0.3 is 0 Å². The van der Waals surface area contributed by atoms with E-state index in [-0.39, 0.29) is 0 Å². The van der Waals surface area contributed by atoms with Crippen LogP contribution < -0.4 is 0 Å². The van der Waals surface area contributed by atoms with E-state index < -0.39 is 0 Å². The fourth-order valence-electron chi connectivity index (χ4n) is 0.374. The van der Waals surface area contributed by atoms with Crippen LogP contribution >= 0.6 is 34.4 Å². The number of halogens is 1. The van der Waals surface area contributed by atoms with Crippen molar-refractivity contribution in [1.82, 2.24) is 0 Å². The summed E-state index contributed by atoms with van der Waals surface area (Å²) in [6.45, 7) is 0. The Morgan fingerprint density at radius 3 is 2.71 bits per heavy atom. The second-order valence-corrected chi connectivity index (χ2v) is 4.27. The van der Waals surface area contributed by atoms with E-state index in [4.69, 9.17) is 5.41 Å². The van der Waals surface area contributed by atoms with Crippen LogP contribution in [-0.4, -0.2) is 5.04 Å². The summed E-state index contributed by atoms with van der Waals surface area (Å²) in [5, 5.41) is 7.85. The highest BCUT2D eigenvalue weighted by atomic mass is 127. The van der Waals surface area contributed by atoms with Gasteiger partial charge in [-0.3, -0.25) is 5.41 Å². The van der Waals surface area contributed by atoms with Crippen LogP contribution in [0.4, 0.5) is 0 Å². The van der Waals surface area contributed by atoms with Gasteiger partial charge in [0, 0.05) is 9.33 Å². The average molecular weight is 225 g/mol. The topological polar surface area (TPSA) is 23.9 Å². The number of thioether (sulfide) groups is 1. The molecule has 0 amide bonds. The van der Waals surface area contributed by atoms with E-state index in [1.807, 2.05) is 0 Å². The maximum Gasteiger partial charge on any atom is 0.0731 e. The highest BCUT2D eigenvalue weighted by Crippen LogP contribution is 2.31. The second kappa shape index (κ2) is 2.17. The molecular formula is C4H4INS. The maximum absolute atomic E-state index is 7.09. The van der Waals surface area contributed by atoms with Crippen molar-refractivity contribution in [3.8, 4) is 0 Å². The van der Waals surface area contributed by atoms with E-state index in [9.17, 15) is 0 Å². The molecule has 1 aliphatic heterocycles. The first-order valence-electron chi connectivity index (χ1n) is 1.90. The van der Waals surface area contributed by atoms with Crippen molar-refractivity contribution < 1.29 is 0 Å². The van der Waals surface area contributed by atoms with E-state index in [0.29, 0.717) is 0 Å². The molecule has 0 atom stereocenters. The first kappa shape index (κ1) is 5.62. The lowest BCUT2D eigenvalue weighted by Crippen LogP contribution is -1.74. The first-order valence-corrected chi connectivity index (χ1v) is 3.79. The molecule has 0 unspecified atom stereocenters. The standard InChI is InChI=1S/C4H4INS/c5-3-1-2-4(6)7-3/h1,6H,2H2. The van der Waals surface area contributed by atoms with Crippen LogP contribution in [0, 0.1) is 5.41 Å². The molecule has 38 valence electrons. The molecule has 0 saturated heterocycles. The van der Waals surface area contributed by atoms with Crippen LogP contribution in [0.1, 0.15) is 6.42 Å². The Hall–Kier alpha value is 0.490. The van der Waals surface area contributed by atoms with Crippen molar-refractivity contribution in [2.45, 2.75) is 6.42 Å². The molecule has 7 heavy (non-hydrogen) atoms. The molecule has 0 spiro atoms. The average Bonchev–Trinajstić information content (AvgIpc) is 1.87. The Balaban J connectivity index is 2.58. The van der Waals surface area contributed by atoms with Crippen LogP contribution in [-0.2, 0) is 0 Å². The molecule has 0 aromatic rings. The van der Waals surface area contributed by atoms with Crippen molar-refractivity contribution in [2.75, 3.05) is 0 Å². The molecule has 0 aliphatic carbocycles. The molecule has 0 bridgehead atoms. The summed E-state index contributed by atoms with van der Waals surface area (Å²) in [5.74, 6) is 0. The van der Waals surface area contributed by atoms with Gasteiger partial charge >= 0.3 is 0 Å². The number of hydrogen-bond donors (Lipinski definition) is 1. The SMILES string of the molecule is N=C1CC=C(I)S1. The molecule has 0 aromatic heterocycles. The lowest BCUT2D eigenvalue weighted by Gasteiger charge is -1.82. The molecule has 1 nitrogen and oxygen atoms in total. The maximum atomic E-state index is 7.09. The number of rotatable bonds is 0. The summed E-state index contributed by atoms with van der Waals surface area (Å²) in [4.78, 5) is 0. The Kier molecular flexibility index (Phi) is 1.74. The van der Waals surface area contributed by atoms with Crippen LogP contribution in [0.3, 0.4) is 0 Å². The van der Waals surface area contributed by atoms with E-state index >= 15 is 0 Å². The lowest BCUT2D eigenvalue weighted by molar-refractivity contribution is 1.44. The highest BCUT2D eigenvalue weighted by Gasteiger charge is 2.05. The molecule has 1 N–H and O–H groups in total. The van der Waals surface area contributed by atoms with Crippen LogP contribution in [0.25, 0.3) is 0 Å². The predicted molar refractivity (Wildman–Crippen MR) is 42.0 cm³/mol. The number of hydrogen-bond acceptors (Lipinski definition) is 2. The second-order valence-electron chi connectivity index (χ2n) is 1.24. The van der Waals surface area contributed by atoms with Gasteiger partial charge in [0.1, 0.15) is 0 Å². The van der Waals surface area contributed by atoms with E-state index in [1.54, 1.807) is 11.8 Å². The minimum Gasteiger partial charge on any atom is -0.298 e. The van der Waals surface area contributed by atoms with Gasteiger partial charge in [0.25, 0.3) is 0 Å². The summed E-state index contributed by atoms with van der Waals surface area (Å²) in [5.41, 5.74) is 0. The summed E-state index contributed by atoms with van der Waals surface area (Å²) in [7, 11) is 0. The van der Waals surface area contributed by atoms with Gasteiger partial charge in [0.2, 0.25) is 0 Å². The summed E-state index contributed by atoms with van der Waals surface area (Å²) < 4.78 is 1.24. The van der Waals surface area contributed by atoms with Gasteiger partial charge in [-0.15, -0.1) is 0 Å². The molecule has 1 rings (SSSR count). The van der Waals surface area contributed by atoms with Crippen molar-refractivity contribution in [3.05, 3.63) is 8.99 Å². The van der Waals surface area contributed by atoms with E-state index in [0.717, 1.165) is 11.5 Å². The molecule has 3 heteroatoms. The summed E-state index contributed by atoms with van der Waals surface area (Å²) >= 11 is 3.78. The molecule has 0 fully saturated rings. The van der Waals surface area contributed by atoms with Crippen molar-refractivity contribution in [3.63, 3.8) is 0 Å². The van der Waals surface area contributed by atoms with Gasteiger partial charge in [0.15, 0.2) is 0 Å². The van der Waals surface area contributed by atoms with Crippen LogP contribution in [0.2, 0.25) is 0 Å². The number of allylic oxidation sites excluding steroid dienone is 1. The monoisotopic (exact) mass is 225 g/mol. The van der Waals surface area contributed by atoms with Gasteiger partial charge in [-0.05, 0) is 22.6 Å². The highest BCUT2D eigenvalue weighted by molar-refractivity contribution is 14.1. The molecule has 0 saturated carbocycles. The smallest absolute Gasteiger partial charge is 0.0731 e. The normalized spacial score (nSPS) is 20.1. The lowest BCUT2D eigenvalue weighted by atomic mass is 10.5. The third kappa shape index (κ3) is 1.45. The first-order chi connectivity index (χ1) is 3.29. The fourth-order valence-corrected chi connectivity index (χ4v) is 1.96. The quantitative estimate of drug-likeness (QED) is 0.628. The van der Waals surface area contributed by atoms with Gasteiger partial charge in [-0.1, -0.05) is 17.8 Å². The molecule has 1 heterocycles. The van der Waals surface area contributed by atoms with Gasteiger partial charge in [-0.25, -0.2) is 0 Å². The third-order valence-electron chi connectivity index (χ3n) is 0.669. The summed E-state index contributed by atoms with van der Waals surface area (Å²) in [6, 6.07) is 0. The fraction of sp³-hybridized carbons (Fsp3) is 0.250. The van der Waals surface area contributed by atoms with Gasteiger partial charge in [0.05, 0.1) is 5.04 Å². The van der Waals surface area contributed by atoms with Crippen molar-refractivity contribution in [1.29, 1.82) is 5.41 Å². The third-order valence-corrected chi connectivity index (χ3v) is 2.54. The van der Waals surface area contributed by atoms with Crippen LogP contribution in [0.5, 0.6) is 0 Å². The Morgan fingerprint density at radius 1 is 1.86 bits per heavy atom. The van der Waals surface area contributed by atoms with Crippen molar-refractivity contribution >= 4 is 39.4 Å². The van der Waals surface area contributed by atoms with Crippen molar-refractivity contribution in [2.24, 2.45) is 0 Å². The molecule has 0 radical (unpaired) electrons. The van der Waals surface area contributed by atoms with E-state index in [1.165, 1.54) is 2.91 Å². The Morgan fingerprint density at radius 2 is 2.57 bits per heavy atom. The summed E-state index contributed by atoms with van der Waals surface area (Å²) in [6.07, 6.45) is 2.91. The zero-order valence-electron chi connectivity index (χ0n) is 3.57. The largest absolute Gasteiger partial charge is 0.298 e. The van der Waals surface area contributed by atoms with E-state index in [2.05, 4.69) is 28.7 Å². The zero-order valence-corrected chi connectivity index (χ0v) is 6.54. The van der Waals surface area contributed by atoms with Crippen LogP contribution in [0.15, 0.2) is 8.99 Å². The zero-order chi connectivity index (χ0) is 5.28.